The summed E-state index contributed by atoms with van der Waals surface area (Å²) in [4.78, 5) is 0. The predicted octanol–water partition coefficient (Wildman–Crippen LogP) is 3.83. The van der Waals surface area contributed by atoms with E-state index in [1.54, 1.807) is 19.2 Å². The van der Waals surface area contributed by atoms with E-state index in [0.717, 1.165) is 37.8 Å². The summed E-state index contributed by atoms with van der Waals surface area (Å²) in [5.74, 6) is -0.166. The third kappa shape index (κ3) is 3.54. The van der Waals surface area contributed by atoms with E-state index in [1.165, 1.54) is 12.5 Å². The molecule has 0 spiro atoms. The van der Waals surface area contributed by atoms with Crippen LogP contribution in [0.2, 0.25) is 0 Å². The fourth-order valence-electron chi connectivity index (χ4n) is 2.78. The van der Waals surface area contributed by atoms with Gasteiger partial charge in [0.2, 0.25) is 0 Å². The molecule has 0 aromatic heterocycles. The highest BCUT2D eigenvalue weighted by atomic mass is 19.1. The van der Waals surface area contributed by atoms with Crippen molar-refractivity contribution in [2.45, 2.75) is 50.7 Å². The summed E-state index contributed by atoms with van der Waals surface area (Å²) < 4.78 is 19.1. The van der Waals surface area contributed by atoms with E-state index in [-0.39, 0.29) is 17.5 Å². The first-order valence-electron chi connectivity index (χ1n) is 7.23. The molecule has 1 aromatic rings. The molecule has 1 atom stereocenters. The normalized spacial score (nSPS) is 18.9. The Bertz CT molecular complexity index is 398. The van der Waals surface area contributed by atoms with Crippen LogP contribution < -0.4 is 5.32 Å². The van der Waals surface area contributed by atoms with Crippen LogP contribution in [0.3, 0.4) is 0 Å². The lowest BCUT2D eigenvalue weighted by molar-refractivity contribution is -0.0838. The maximum Gasteiger partial charge on any atom is 0.123 e. The van der Waals surface area contributed by atoms with Crippen molar-refractivity contribution in [1.82, 2.24) is 5.32 Å². The topological polar surface area (TPSA) is 21.3 Å². The van der Waals surface area contributed by atoms with Gasteiger partial charge >= 0.3 is 0 Å². The van der Waals surface area contributed by atoms with Crippen molar-refractivity contribution in [2.75, 3.05) is 13.7 Å². The van der Waals surface area contributed by atoms with Crippen LogP contribution >= 0.6 is 0 Å². The van der Waals surface area contributed by atoms with Crippen LogP contribution in [0.1, 0.15) is 50.6 Å². The van der Waals surface area contributed by atoms with Crippen LogP contribution in [0.25, 0.3) is 0 Å². The summed E-state index contributed by atoms with van der Waals surface area (Å²) in [5.41, 5.74) is 1.02. The van der Waals surface area contributed by atoms with Gasteiger partial charge in [0.1, 0.15) is 5.82 Å². The lowest BCUT2D eigenvalue weighted by atomic mass is 9.74. The van der Waals surface area contributed by atoms with Crippen molar-refractivity contribution in [2.24, 2.45) is 0 Å². The second-order valence-corrected chi connectivity index (χ2v) is 5.51. The van der Waals surface area contributed by atoms with Gasteiger partial charge in [0.15, 0.2) is 0 Å². The summed E-state index contributed by atoms with van der Waals surface area (Å²) >= 11 is 0. The first-order chi connectivity index (χ1) is 9.19. The van der Waals surface area contributed by atoms with Crippen LogP contribution in [0.15, 0.2) is 24.3 Å². The molecule has 0 saturated heterocycles. The van der Waals surface area contributed by atoms with Gasteiger partial charge in [-0.25, -0.2) is 4.39 Å². The molecular formula is C16H24FNO. The van der Waals surface area contributed by atoms with Crippen LogP contribution in [0.4, 0.5) is 4.39 Å². The van der Waals surface area contributed by atoms with E-state index in [4.69, 9.17) is 4.74 Å². The number of hydrogen-bond donors (Lipinski definition) is 1. The summed E-state index contributed by atoms with van der Waals surface area (Å²) in [6.45, 7) is 3.09. The van der Waals surface area contributed by atoms with E-state index < -0.39 is 0 Å². The molecule has 0 radical (unpaired) electrons. The van der Waals surface area contributed by atoms with Gasteiger partial charge in [0.25, 0.3) is 0 Å². The van der Waals surface area contributed by atoms with E-state index in [9.17, 15) is 4.39 Å². The summed E-state index contributed by atoms with van der Waals surface area (Å²) in [7, 11) is 1.79. The number of benzene rings is 1. The number of ether oxygens (including phenoxy) is 1. The Kier molecular flexibility index (Phi) is 4.94. The van der Waals surface area contributed by atoms with Crippen molar-refractivity contribution in [3.8, 4) is 0 Å². The number of methoxy groups -OCH3 is 1. The van der Waals surface area contributed by atoms with Crippen LogP contribution in [0, 0.1) is 5.82 Å². The van der Waals surface area contributed by atoms with E-state index >= 15 is 0 Å². The lowest BCUT2D eigenvalue weighted by Gasteiger charge is -2.43. The van der Waals surface area contributed by atoms with Crippen molar-refractivity contribution in [3.63, 3.8) is 0 Å². The van der Waals surface area contributed by atoms with Crippen molar-refractivity contribution in [1.29, 1.82) is 0 Å². The molecule has 0 aliphatic heterocycles. The summed E-state index contributed by atoms with van der Waals surface area (Å²) in [5, 5.41) is 3.52. The average Bonchev–Trinajstić information content (AvgIpc) is 2.37. The molecule has 3 heteroatoms. The second-order valence-electron chi connectivity index (χ2n) is 5.51. The largest absolute Gasteiger partial charge is 0.378 e. The number of hydrogen-bond acceptors (Lipinski definition) is 2. The van der Waals surface area contributed by atoms with Crippen LogP contribution in [-0.4, -0.2) is 19.3 Å². The molecule has 19 heavy (non-hydrogen) atoms. The highest BCUT2D eigenvalue weighted by Gasteiger charge is 2.39. The molecule has 1 aliphatic rings. The molecule has 1 N–H and O–H groups in total. The molecule has 2 nitrogen and oxygen atoms in total. The number of halogens is 1. The monoisotopic (exact) mass is 265 g/mol. The second kappa shape index (κ2) is 6.49. The minimum absolute atomic E-state index is 0.00226. The standard InChI is InChI=1S/C16H24FNO/c1-3-10-18-15(12-16(19-2)8-5-9-16)13-6-4-7-14(17)11-13/h4,6-7,11,15,18H,3,5,8-10,12H2,1-2H3. The maximum atomic E-state index is 13.4. The Morgan fingerprint density at radius 1 is 1.42 bits per heavy atom. The highest BCUT2D eigenvalue weighted by molar-refractivity contribution is 5.21. The molecule has 1 aromatic carbocycles. The molecule has 1 fully saturated rings. The Morgan fingerprint density at radius 2 is 2.21 bits per heavy atom. The van der Waals surface area contributed by atoms with Gasteiger partial charge < -0.3 is 10.1 Å². The quantitative estimate of drug-likeness (QED) is 0.809. The number of rotatable bonds is 7. The Labute approximate surface area is 115 Å². The van der Waals surface area contributed by atoms with Crippen molar-refractivity contribution >= 4 is 0 Å². The van der Waals surface area contributed by atoms with E-state index in [0.29, 0.717) is 0 Å². The van der Waals surface area contributed by atoms with Gasteiger partial charge in [-0.1, -0.05) is 19.1 Å². The zero-order valence-electron chi connectivity index (χ0n) is 11.9. The maximum absolute atomic E-state index is 13.4. The highest BCUT2D eigenvalue weighted by Crippen LogP contribution is 2.41. The Balaban J connectivity index is 2.11. The summed E-state index contributed by atoms with van der Waals surface area (Å²) in [6.07, 6.45) is 5.46. The molecule has 106 valence electrons. The Hall–Kier alpha value is -0.930. The summed E-state index contributed by atoms with van der Waals surface area (Å²) in [6, 6.07) is 7.09. The van der Waals surface area contributed by atoms with E-state index in [1.807, 2.05) is 6.07 Å². The predicted molar refractivity (Wildman–Crippen MR) is 75.6 cm³/mol. The SMILES string of the molecule is CCCNC(CC1(OC)CCC1)c1cccc(F)c1. The molecule has 0 amide bonds. The fourth-order valence-corrected chi connectivity index (χ4v) is 2.78. The Morgan fingerprint density at radius 3 is 2.74 bits per heavy atom. The third-order valence-corrected chi connectivity index (χ3v) is 4.17. The zero-order valence-corrected chi connectivity index (χ0v) is 11.9. The number of nitrogens with one attached hydrogen (secondary N) is 1. The van der Waals surface area contributed by atoms with Crippen molar-refractivity contribution in [3.05, 3.63) is 35.6 Å². The minimum atomic E-state index is -0.166. The molecule has 1 unspecified atom stereocenters. The van der Waals surface area contributed by atoms with Crippen LogP contribution in [0.5, 0.6) is 0 Å². The van der Waals surface area contributed by atoms with Gasteiger partial charge in [0, 0.05) is 13.2 Å². The molecule has 2 rings (SSSR count). The average molecular weight is 265 g/mol. The van der Waals surface area contributed by atoms with Crippen molar-refractivity contribution < 1.29 is 9.13 Å². The van der Waals surface area contributed by atoms with Gasteiger partial charge in [-0.3, -0.25) is 0 Å². The minimum Gasteiger partial charge on any atom is -0.378 e. The first-order valence-corrected chi connectivity index (χ1v) is 7.23. The first kappa shape index (κ1) is 14.5. The van der Waals surface area contributed by atoms with Crippen LogP contribution in [-0.2, 0) is 4.74 Å². The molecule has 0 heterocycles. The van der Waals surface area contributed by atoms with Gasteiger partial charge in [0.05, 0.1) is 5.60 Å². The lowest BCUT2D eigenvalue weighted by Crippen LogP contribution is -2.43. The van der Waals surface area contributed by atoms with Gasteiger partial charge in [-0.15, -0.1) is 0 Å². The third-order valence-electron chi connectivity index (χ3n) is 4.17. The molecule has 0 bridgehead atoms. The molecule has 1 saturated carbocycles. The van der Waals surface area contributed by atoms with E-state index in [2.05, 4.69) is 12.2 Å². The smallest absolute Gasteiger partial charge is 0.123 e. The fraction of sp³-hybridized carbons (Fsp3) is 0.625. The zero-order chi connectivity index (χ0) is 13.7. The van der Waals surface area contributed by atoms with Gasteiger partial charge in [-0.05, 0) is 56.3 Å². The molecule has 1 aliphatic carbocycles. The molecular weight excluding hydrogens is 241 g/mol. The van der Waals surface area contributed by atoms with Gasteiger partial charge in [-0.2, -0.15) is 0 Å².